The molecule has 0 aliphatic heterocycles. The summed E-state index contributed by atoms with van der Waals surface area (Å²) in [7, 11) is 0. The number of thiazole rings is 1. The number of terminal acetylenes is 1. The largest absolute Gasteiger partial charge is 0.387 e. The second-order valence-corrected chi connectivity index (χ2v) is 4.18. The quantitative estimate of drug-likeness (QED) is 0.750. The molecular weight excluding hydrogens is 182 g/mol. The first-order valence-electron chi connectivity index (χ1n) is 4.20. The molecule has 0 saturated carbocycles. The van der Waals surface area contributed by atoms with Crippen molar-refractivity contribution in [2.45, 2.75) is 32.8 Å². The predicted octanol–water partition coefficient (Wildman–Crippen LogP) is 2.21. The molecule has 1 unspecified atom stereocenters. The van der Waals surface area contributed by atoms with E-state index in [1.165, 1.54) is 0 Å². The van der Waals surface area contributed by atoms with Crippen molar-refractivity contribution in [3.05, 3.63) is 15.6 Å². The maximum Gasteiger partial charge on any atom is 0.0909 e. The lowest BCUT2D eigenvalue weighted by Gasteiger charge is -2.05. The van der Waals surface area contributed by atoms with E-state index in [-0.39, 0.29) is 0 Å². The number of aliphatic hydroxyl groups excluding tert-OH is 1. The Hall–Kier alpha value is -0.850. The van der Waals surface area contributed by atoms with Gasteiger partial charge >= 0.3 is 0 Å². The molecule has 3 heteroatoms. The summed E-state index contributed by atoms with van der Waals surface area (Å²) in [5, 5.41) is 10.7. The van der Waals surface area contributed by atoms with E-state index in [0.717, 1.165) is 15.6 Å². The summed E-state index contributed by atoms with van der Waals surface area (Å²) in [6, 6.07) is 0. The zero-order valence-corrected chi connectivity index (χ0v) is 8.69. The Morgan fingerprint density at radius 1 is 1.62 bits per heavy atom. The molecule has 1 heterocycles. The minimum absolute atomic E-state index is 0.442. The number of rotatable bonds is 3. The molecule has 0 aliphatic carbocycles. The first-order valence-corrected chi connectivity index (χ1v) is 5.02. The molecule has 2 nitrogen and oxygen atoms in total. The normalized spacial score (nSPS) is 12.5. The van der Waals surface area contributed by atoms with Crippen LogP contribution in [0, 0.1) is 26.2 Å². The van der Waals surface area contributed by atoms with Crippen molar-refractivity contribution in [3.63, 3.8) is 0 Å². The van der Waals surface area contributed by atoms with Gasteiger partial charge in [0.05, 0.1) is 21.7 Å². The average molecular weight is 195 g/mol. The molecule has 0 saturated heterocycles. The van der Waals surface area contributed by atoms with E-state index in [2.05, 4.69) is 10.9 Å². The second kappa shape index (κ2) is 4.40. The molecule has 1 atom stereocenters. The number of aromatic nitrogens is 1. The SMILES string of the molecule is C#CCCC(O)c1sc(C)nc1C. The van der Waals surface area contributed by atoms with Gasteiger partial charge in [0.15, 0.2) is 0 Å². The molecule has 13 heavy (non-hydrogen) atoms. The molecule has 0 aromatic carbocycles. The molecule has 0 spiro atoms. The van der Waals surface area contributed by atoms with Gasteiger partial charge in [-0.05, 0) is 20.3 Å². The Morgan fingerprint density at radius 2 is 2.31 bits per heavy atom. The number of aryl methyl sites for hydroxylation is 2. The van der Waals surface area contributed by atoms with Gasteiger partial charge in [-0.15, -0.1) is 23.7 Å². The summed E-state index contributed by atoms with van der Waals surface area (Å²) in [4.78, 5) is 5.20. The molecule has 70 valence electrons. The summed E-state index contributed by atoms with van der Waals surface area (Å²) in [5.74, 6) is 2.52. The molecule has 1 rings (SSSR count). The van der Waals surface area contributed by atoms with Crippen LogP contribution >= 0.6 is 11.3 Å². The van der Waals surface area contributed by atoms with E-state index in [4.69, 9.17) is 6.42 Å². The van der Waals surface area contributed by atoms with E-state index in [0.29, 0.717) is 12.8 Å². The van der Waals surface area contributed by atoms with Crippen LogP contribution in [0.3, 0.4) is 0 Å². The highest BCUT2D eigenvalue weighted by molar-refractivity contribution is 7.11. The van der Waals surface area contributed by atoms with Gasteiger partial charge in [0.2, 0.25) is 0 Å². The van der Waals surface area contributed by atoms with Crippen LogP contribution in [0.1, 0.15) is 34.5 Å². The lowest BCUT2D eigenvalue weighted by atomic mass is 10.1. The Kier molecular flexibility index (Phi) is 3.47. The van der Waals surface area contributed by atoms with Crippen molar-refractivity contribution < 1.29 is 5.11 Å². The standard InChI is InChI=1S/C10H13NOS/c1-4-5-6-9(12)10-7(2)11-8(3)13-10/h1,9,12H,5-6H2,2-3H3. The number of hydrogen-bond acceptors (Lipinski definition) is 3. The zero-order chi connectivity index (χ0) is 9.84. The first kappa shape index (κ1) is 10.2. The van der Waals surface area contributed by atoms with Crippen LogP contribution < -0.4 is 0 Å². The Balaban J connectivity index is 2.71. The van der Waals surface area contributed by atoms with E-state index in [9.17, 15) is 5.11 Å². The summed E-state index contributed by atoms with van der Waals surface area (Å²) in [6.07, 6.45) is 5.92. The van der Waals surface area contributed by atoms with Crippen molar-refractivity contribution in [2.24, 2.45) is 0 Å². The van der Waals surface area contributed by atoms with Gasteiger partial charge in [0.1, 0.15) is 0 Å². The van der Waals surface area contributed by atoms with E-state index < -0.39 is 6.10 Å². The van der Waals surface area contributed by atoms with Crippen LogP contribution in [0.5, 0.6) is 0 Å². The van der Waals surface area contributed by atoms with Gasteiger partial charge in [-0.3, -0.25) is 0 Å². The molecule has 1 aromatic heterocycles. The Morgan fingerprint density at radius 3 is 2.77 bits per heavy atom. The van der Waals surface area contributed by atoms with Crippen LogP contribution in [0.4, 0.5) is 0 Å². The molecule has 0 radical (unpaired) electrons. The summed E-state index contributed by atoms with van der Waals surface area (Å²) in [6.45, 7) is 3.85. The third kappa shape index (κ3) is 2.55. The minimum atomic E-state index is -0.442. The number of hydrogen-bond donors (Lipinski definition) is 1. The molecule has 1 aromatic rings. The van der Waals surface area contributed by atoms with E-state index in [1.54, 1.807) is 11.3 Å². The fourth-order valence-electron chi connectivity index (χ4n) is 1.21. The van der Waals surface area contributed by atoms with Crippen LogP contribution in [-0.2, 0) is 0 Å². The third-order valence-corrected chi connectivity index (χ3v) is 2.98. The molecular formula is C10H13NOS. The van der Waals surface area contributed by atoms with E-state index in [1.807, 2.05) is 13.8 Å². The lowest BCUT2D eigenvalue weighted by molar-refractivity contribution is 0.172. The number of aliphatic hydroxyl groups is 1. The highest BCUT2D eigenvalue weighted by atomic mass is 32.1. The van der Waals surface area contributed by atoms with Gasteiger partial charge in [0.25, 0.3) is 0 Å². The average Bonchev–Trinajstić information content (AvgIpc) is 2.41. The molecule has 0 aliphatic rings. The summed E-state index contributed by atoms with van der Waals surface area (Å²) >= 11 is 1.54. The van der Waals surface area contributed by atoms with Crippen molar-refractivity contribution in [1.29, 1.82) is 0 Å². The zero-order valence-electron chi connectivity index (χ0n) is 7.87. The van der Waals surface area contributed by atoms with Crippen molar-refractivity contribution in [2.75, 3.05) is 0 Å². The van der Waals surface area contributed by atoms with Crippen molar-refractivity contribution >= 4 is 11.3 Å². The van der Waals surface area contributed by atoms with Crippen LogP contribution in [0.15, 0.2) is 0 Å². The summed E-state index contributed by atoms with van der Waals surface area (Å²) in [5.41, 5.74) is 0.923. The van der Waals surface area contributed by atoms with Gasteiger partial charge in [-0.2, -0.15) is 0 Å². The molecule has 0 amide bonds. The van der Waals surface area contributed by atoms with Gasteiger partial charge < -0.3 is 5.11 Å². The van der Waals surface area contributed by atoms with Gasteiger partial charge in [0, 0.05) is 6.42 Å². The third-order valence-electron chi connectivity index (χ3n) is 1.80. The van der Waals surface area contributed by atoms with E-state index >= 15 is 0 Å². The highest BCUT2D eigenvalue weighted by Gasteiger charge is 2.13. The molecule has 1 N–H and O–H groups in total. The summed E-state index contributed by atoms with van der Waals surface area (Å²) < 4.78 is 0. The Bertz CT molecular complexity index is 324. The predicted molar refractivity (Wildman–Crippen MR) is 54.6 cm³/mol. The highest BCUT2D eigenvalue weighted by Crippen LogP contribution is 2.27. The first-order chi connectivity index (χ1) is 6.15. The van der Waals surface area contributed by atoms with Gasteiger partial charge in [-0.25, -0.2) is 4.98 Å². The van der Waals surface area contributed by atoms with Crippen LogP contribution in [0.25, 0.3) is 0 Å². The Labute approximate surface area is 82.6 Å². The van der Waals surface area contributed by atoms with Gasteiger partial charge in [-0.1, -0.05) is 0 Å². The smallest absolute Gasteiger partial charge is 0.0909 e. The minimum Gasteiger partial charge on any atom is -0.387 e. The maximum absolute atomic E-state index is 9.72. The van der Waals surface area contributed by atoms with Crippen LogP contribution in [0.2, 0.25) is 0 Å². The maximum atomic E-state index is 9.72. The monoisotopic (exact) mass is 195 g/mol. The van der Waals surface area contributed by atoms with Crippen molar-refractivity contribution in [1.82, 2.24) is 4.98 Å². The fourth-order valence-corrected chi connectivity index (χ4v) is 2.16. The molecule has 0 fully saturated rings. The topological polar surface area (TPSA) is 33.1 Å². The van der Waals surface area contributed by atoms with Crippen LogP contribution in [-0.4, -0.2) is 10.1 Å². The second-order valence-electron chi connectivity index (χ2n) is 2.94. The lowest BCUT2D eigenvalue weighted by Crippen LogP contribution is -1.95. The number of nitrogens with zero attached hydrogens (tertiary/aromatic N) is 1. The fraction of sp³-hybridized carbons (Fsp3) is 0.500. The van der Waals surface area contributed by atoms with Crippen molar-refractivity contribution in [3.8, 4) is 12.3 Å². The molecule has 0 bridgehead atoms.